The maximum Gasteiger partial charge on any atom is 0.330 e. The van der Waals surface area contributed by atoms with E-state index in [1.54, 1.807) is 0 Å². The quantitative estimate of drug-likeness (QED) is 0.390. The van der Waals surface area contributed by atoms with E-state index < -0.39 is 6.04 Å². The molecule has 0 amide bonds. The highest BCUT2D eigenvalue weighted by Gasteiger charge is 2.17. The van der Waals surface area contributed by atoms with Crippen LogP contribution in [0.25, 0.3) is 0 Å². The molecule has 0 saturated carbocycles. The van der Waals surface area contributed by atoms with E-state index in [1.165, 1.54) is 12.7 Å². The van der Waals surface area contributed by atoms with Crippen LogP contribution in [0.5, 0.6) is 0 Å². The number of methoxy groups -OCH3 is 1. The normalized spacial score (nSPS) is 12.2. The van der Waals surface area contributed by atoms with Crippen molar-refractivity contribution in [3.05, 3.63) is 71.8 Å². The van der Waals surface area contributed by atoms with E-state index in [1.807, 2.05) is 54.4 Å². The molecule has 0 heterocycles. The molecule has 0 N–H and O–H groups in total. The minimum atomic E-state index is -0.462. The van der Waals surface area contributed by atoms with Crippen molar-refractivity contribution < 1.29 is 9.53 Å². The zero-order chi connectivity index (χ0) is 17.0. The molecule has 0 radical (unpaired) electrons. The van der Waals surface area contributed by atoms with Gasteiger partial charge >= 0.3 is 5.97 Å². The zero-order valence-electron chi connectivity index (χ0n) is 13.9. The molecule has 0 spiro atoms. The number of nitrogens with zero attached hydrogens (tertiary/aromatic N) is 1. The summed E-state index contributed by atoms with van der Waals surface area (Å²) in [5.74, 6) is 1.70. The van der Waals surface area contributed by atoms with Gasteiger partial charge in [0.15, 0.2) is 6.04 Å². The summed E-state index contributed by atoms with van der Waals surface area (Å²) in [5.41, 5.74) is 2.42. The summed E-state index contributed by atoms with van der Waals surface area (Å²) >= 11 is 1.87. The molecule has 1 unspecified atom stereocenters. The molecule has 126 valence electrons. The standard InChI is InChI=1S/C20H23NO2S/c1-23-20(22)19(15-17-9-4-2-5-10-17)21-13-8-14-24-16-18-11-6-3-7-12-18/h2-7,9-13,19H,8,14-16H2,1H3. The maximum absolute atomic E-state index is 11.9. The molecule has 0 aliphatic rings. The molecule has 2 aromatic carbocycles. The van der Waals surface area contributed by atoms with Crippen LogP contribution in [0.4, 0.5) is 0 Å². The molecule has 0 saturated heterocycles. The first-order chi connectivity index (χ1) is 11.8. The van der Waals surface area contributed by atoms with E-state index in [0.717, 1.165) is 23.5 Å². The van der Waals surface area contributed by atoms with Crippen LogP contribution in [0.15, 0.2) is 65.7 Å². The molecule has 4 heteroatoms. The second kappa shape index (κ2) is 10.7. The molecule has 0 aliphatic carbocycles. The van der Waals surface area contributed by atoms with Gasteiger partial charge in [-0.3, -0.25) is 4.99 Å². The van der Waals surface area contributed by atoms with E-state index in [-0.39, 0.29) is 5.97 Å². The van der Waals surface area contributed by atoms with Crippen LogP contribution in [0.1, 0.15) is 17.5 Å². The van der Waals surface area contributed by atoms with E-state index >= 15 is 0 Å². The summed E-state index contributed by atoms with van der Waals surface area (Å²) in [4.78, 5) is 16.3. The van der Waals surface area contributed by atoms with Gasteiger partial charge in [0.05, 0.1) is 7.11 Å². The van der Waals surface area contributed by atoms with Gasteiger partial charge in [0.25, 0.3) is 0 Å². The molecule has 2 aromatic rings. The average molecular weight is 341 g/mol. The lowest BCUT2D eigenvalue weighted by Crippen LogP contribution is -2.23. The molecule has 0 aromatic heterocycles. The Labute approximate surface area is 148 Å². The van der Waals surface area contributed by atoms with Crippen molar-refractivity contribution in [1.29, 1.82) is 0 Å². The van der Waals surface area contributed by atoms with Crippen LogP contribution in [0.3, 0.4) is 0 Å². The van der Waals surface area contributed by atoms with E-state index in [9.17, 15) is 4.79 Å². The highest BCUT2D eigenvalue weighted by Crippen LogP contribution is 2.12. The summed E-state index contributed by atoms with van der Waals surface area (Å²) in [7, 11) is 1.41. The third-order valence-corrected chi connectivity index (χ3v) is 4.60. The lowest BCUT2D eigenvalue weighted by atomic mass is 10.1. The highest BCUT2D eigenvalue weighted by atomic mass is 32.2. The first kappa shape index (κ1) is 18.3. The van der Waals surface area contributed by atoms with Gasteiger partial charge < -0.3 is 4.74 Å². The average Bonchev–Trinajstić information content (AvgIpc) is 2.64. The number of carbonyl (C=O) groups is 1. The molecule has 0 fully saturated rings. The van der Waals surface area contributed by atoms with Crippen molar-refractivity contribution in [3.63, 3.8) is 0 Å². The molecule has 0 bridgehead atoms. The number of hydrogen-bond acceptors (Lipinski definition) is 4. The fourth-order valence-electron chi connectivity index (χ4n) is 2.27. The predicted molar refractivity (Wildman–Crippen MR) is 102 cm³/mol. The Morgan fingerprint density at radius 1 is 1.08 bits per heavy atom. The second-order valence-electron chi connectivity index (χ2n) is 5.39. The Hall–Kier alpha value is -2.07. The summed E-state index contributed by atoms with van der Waals surface area (Å²) in [5, 5.41) is 0. The maximum atomic E-state index is 11.9. The van der Waals surface area contributed by atoms with Crippen LogP contribution >= 0.6 is 11.8 Å². The first-order valence-corrected chi connectivity index (χ1v) is 9.20. The van der Waals surface area contributed by atoms with Crippen LogP contribution < -0.4 is 0 Å². The lowest BCUT2D eigenvalue weighted by Gasteiger charge is -2.10. The van der Waals surface area contributed by atoms with Gasteiger partial charge in [0.1, 0.15) is 0 Å². The van der Waals surface area contributed by atoms with Crippen molar-refractivity contribution in [2.24, 2.45) is 4.99 Å². The number of ether oxygens (including phenoxy) is 1. The minimum Gasteiger partial charge on any atom is -0.467 e. The molecular formula is C20H23NO2S. The summed E-state index contributed by atoms with van der Waals surface area (Å²) in [6, 6.07) is 19.8. The third kappa shape index (κ3) is 6.59. The predicted octanol–water partition coefficient (Wildman–Crippen LogP) is 4.17. The van der Waals surface area contributed by atoms with Gasteiger partial charge in [-0.25, -0.2) is 4.79 Å². The van der Waals surface area contributed by atoms with E-state index in [4.69, 9.17) is 4.74 Å². The smallest absolute Gasteiger partial charge is 0.330 e. The SMILES string of the molecule is COC(=O)C(Cc1ccccc1)N=CCCSCc1ccccc1. The Balaban J connectivity index is 1.76. The topological polar surface area (TPSA) is 38.7 Å². The Morgan fingerprint density at radius 3 is 2.33 bits per heavy atom. The van der Waals surface area contributed by atoms with Gasteiger partial charge in [-0.05, 0) is 23.3 Å². The van der Waals surface area contributed by atoms with E-state index in [0.29, 0.717) is 6.42 Å². The van der Waals surface area contributed by atoms with Crippen molar-refractivity contribution in [2.75, 3.05) is 12.9 Å². The molecule has 1 atom stereocenters. The Kier molecular flexibility index (Phi) is 8.11. The largest absolute Gasteiger partial charge is 0.467 e. The fraction of sp³-hybridized carbons (Fsp3) is 0.300. The van der Waals surface area contributed by atoms with Gasteiger partial charge in [-0.1, -0.05) is 60.7 Å². The van der Waals surface area contributed by atoms with Crippen molar-refractivity contribution in [3.8, 4) is 0 Å². The van der Waals surface area contributed by atoms with Crippen LogP contribution in [0, 0.1) is 0 Å². The van der Waals surface area contributed by atoms with Gasteiger partial charge in [-0.15, -0.1) is 0 Å². The van der Waals surface area contributed by atoms with Crippen LogP contribution in [-0.2, 0) is 21.7 Å². The molecule has 24 heavy (non-hydrogen) atoms. The zero-order valence-corrected chi connectivity index (χ0v) is 14.7. The summed E-state index contributed by atoms with van der Waals surface area (Å²) in [6.45, 7) is 0. The molecule has 3 nitrogen and oxygen atoms in total. The first-order valence-electron chi connectivity index (χ1n) is 8.04. The number of benzene rings is 2. The fourth-order valence-corrected chi connectivity index (χ4v) is 3.12. The minimum absolute atomic E-state index is 0.285. The number of hydrogen-bond donors (Lipinski definition) is 0. The van der Waals surface area contributed by atoms with Gasteiger partial charge in [0, 0.05) is 18.4 Å². The lowest BCUT2D eigenvalue weighted by molar-refractivity contribution is -0.142. The summed E-state index contributed by atoms with van der Waals surface area (Å²) < 4.78 is 4.86. The summed E-state index contributed by atoms with van der Waals surface area (Å²) in [6.07, 6.45) is 3.27. The van der Waals surface area contributed by atoms with Gasteiger partial charge in [0.2, 0.25) is 0 Å². The second-order valence-corrected chi connectivity index (χ2v) is 6.49. The number of thioether (sulfide) groups is 1. The number of carbonyl (C=O) groups excluding carboxylic acids is 1. The number of aliphatic imine (C=N–C) groups is 1. The van der Waals surface area contributed by atoms with Crippen LogP contribution in [-0.4, -0.2) is 31.1 Å². The monoisotopic (exact) mass is 341 g/mol. The van der Waals surface area contributed by atoms with Gasteiger partial charge in [-0.2, -0.15) is 11.8 Å². The number of esters is 1. The van der Waals surface area contributed by atoms with Crippen LogP contribution in [0.2, 0.25) is 0 Å². The third-order valence-electron chi connectivity index (χ3n) is 3.53. The van der Waals surface area contributed by atoms with E-state index in [2.05, 4.69) is 29.3 Å². The van der Waals surface area contributed by atoms with Crippen molar-refractivity contribution >= 4 is 23.9 Å². The Morgan fingerprint density at radius 2 is 1.71 bits per heavy atom. The van der Waals surface area contributed by atoms with Crippen molar-refractivity contribution in [1.82, 2.24) is 0 Å². The molecule has 0 aliphatic heterocycles. The molecular weight excluding hydrogens is 318 g/mol. The highest BCUT2D eigenvalue weighted by molar-refractivity contribution is 7.98. The Bertz CT molecular complexity index is 629. The van der Waals surface area contributed by atoms with Crippen molar-refractivity contribution in [2.45, 2.75) is 24.6 Å². The molecule has 2 rings (SSSR count). The number of rotatable bonds is 9.